The number of likely N-dealkylation sites (tertiary alicyclic amines) is 1. The number of anilines is 1. The molecule has 5 aromatic rings. The molecule has 0 saturated carbocycles. The zero-order chi connectivity index (χ0) is 39.7. The number of rotatable bonds is 10. The van der Waals surface area contributed by atoms with Crippen molar-refractivity contribution in [2.24, 2.45) is 0 Å². The van der Waals surface area contributed by atoms with Crippen LogP contribution in [0, 0.1) is 10.8 Å². The van der Waals surface area contributed by atoms with Crippen molar-refractivity contribution in [1.82, 2.24) is 24.8 Å². The summed E-state index contributed by atoms with van der Waals surface area (Å²) in [5.74, 6) is 0.307. The maximum atomic E-state index is 14.0. The zero-order valence-corrected chi connectivity index (χ0v) is 33.2. The van der Waals surface area contributed by atoms with Crippen molar-refractivity contribution in [1.29, 1.82) is 10.8 Å². The van der Waals surface area contributed by atoms with E-state index in [1.807, 2.05) is 93.3 Å². The van der Waals surface area contributed by atoms with Crippen LogP contribution in [0.5, 0.6) is 5.75 Å². The van der Waals surface area contributed by atoms with Crippen molar-refractivity contribution < 1.29 is 14.3 Å². The molecule has 2 fully saturated rings. The number of allylic oxidation sites excluding steroid dienone is 2. The van der Waals surface area contributed by atoms with E-state index in [0.29, 0.717) is 23.1 Å². The molecule has 4 heterocycles. The number of hydrogen-bond acceptors (Lipinski definition) is 7. The number of imidazole rings is 2. The topological polar surface area (TPSA) is 155 Å². The molecule has 3 unspecified atom stereocenters. The Balaban J connectivity index is 1.03. The molecule has 0 amide bonds. The number of H-pyrrole nitrogens is 2. The van der Waals surface area contributed by atoms with Crippen LogP contribution in [0.3, 0.4) is 0 Å². The van der Waals surface area contributed by atoms with Crippen LogP contribution in [0.2, 0.25) is 0 Å². The van der Waals surface area contributed by atoms with Gasteiger partial charge in [-0.15, -0.1) is 0 Å². The Labute approximate surface area is 327 Å². The summed E-state index contributed by atoms with van der Waals surface area (Å²) in [4.78, 5) is 48.0. The standard InChI is InChI=1S/C45H50N8O3/c1-8-25-17-26(9-2)19-29(18-25)52-40(46)37(39(55)44(52,4)5)43-50-34-16-15-28(22-35(34)51-43)24-56-31-21-27(10-3)20-30(23-31)53-41(47)36(38(54)45(53,6)7)42-48-32-13-11-12-14-33(32)49-42/h11-18,20-23,29,36-37,46-47H,8-10,19,24H2,1-7H3,(H,48,49)(H,50,51). The Kier molecular flexibility index (Phi) is 9.09. The van der Waals surface area contributed by atoms with Crippen molar-refractivity contribution in [3.05, 3.63) is 107 Å². The lowest BCUT2D eigenvalue weighted by Gasteiger charge is -2.39. The molecule has 0 spiro atoms. The van der Waals surface area contributed by atoms with Crippen LogP contribution in [0.1, 0.15) is 102 Å². The van der Waals surface area contributed by atoms with E-state index in [2.05, 4.69) is 47.9 Å². The number of carbonyl (C=O) groups is 2. The Morgan fingerprint density at radius 1 is 0.768 bits per heavy atom. The number of fused-ring (bicyclic) bond motifs is 2. The number of benzene rings is 3. The molecule has 11 heteroatoms. The average molecular weight is 751 g/mol. The van der Waals surface area contributed by atoms with E-state index in [9.17, 15) is 20.4 Å². The first kappa shape index (κ1) is 37.1. The van der Waals surface area contributed by atoms with Crippen LogP contribution in [-0.2, 0) is 22.6 Å². The normalized spacial score (nSPS) is 22.1. The number of Topliss-reactive ketones (excluding diaryl/α,β-unsaturated/α-hetero) is 2. The molecule has 4 N–H and O–H groups in total. The molecule has 8 rings (SSSR count). The summed E-state index contributed by atoms with van der Waals surface area (Å²) in [6, 6.07) is 19.4. The lowest BCUT2D eigenvalue weighted by atomic mass is 9.89. The van der Waals surface area contributed by atoms with E-state index in [4.69, 9.17) is 9.72 Å². The Morgan fingerprint density at radius 2 is 1.45 bits per heavy atom. The molecule has 3 aromatic carbocycles. The Bertz CT molecular complexity index is 2470. The number of ketones is 2. The molecule has 2 aromatic heterocycles. The molecule has 2 aliphatic heterocycles. The van der Waals surface area contributed by atoms with Gasteiger partial charge in [-0.1, -0.05) is 62.3 Å². The number of amidine groups is 2. The largest absolute Gasteiger partial charge is 0.489 e. The lowest BCUT2D eigenvalue weighted by molar-refractivity contribution is -0.125. The summed E-state index contributed by atoms with van der Waals surface area (Å²) in [5, 5.41) is 18.6. The van der Waals surface area contributed by atoms with Gasteiger partial charge in [0.05, 0.1) is 33.6 Å². The third-order valence-corrected chi connectivity index (χ3v) is 11.9. The smallest absolute Gasteiger partial charge is 0.176 e. The SMILES string of the molecule is CCC1=CC(N2C(=N)C(c3nc4ccc(COc5cc(CC)cc(N6C(=N)C(c7nc8ccccc8[nH]7)C(=O)C6(C)C)c5)cc4[nH]3)C(=O)C2(C)C)CC(CC)=C1. The molecule has 3 aliphatic rings. The first-order valence-electron chi connectivity index (χ1n) is 19.7. The third kappa shape index (κ3) is 6.04. The summed E-state index contributed by atoms with van der Waals surface area (Å²) < 4.78 is 6.41. The number of para-hydroxylation sites is 2. The van der Waals surface area contributed by atoms with Crippen LogP contribution < -0.4 is 9.64 Å². The Morgan fingerprint density at radius 3 is 2.14 bits per heavy atom. The molecule has 0 bridgehead atoms. The van der Waals surface area contributed by atoms with Gasteiger partial charge in [0.15, 0.2) is 11.6 Å². The molecule has 0 radical (unpaired) electrons. The number of nitrogens with zero attached hydrogens (tertiary/aromatic N) is 4. The maximum absolute atomic E-state index is 14.0. The van der Waals surface area contributed by atoms with E-state index >= 15 is 0 Å². The summed E-state index contributed by atoms with van der Waals surface area (Å²) in [5.41, 5.74) is 6.46. The first-order chi connectivity index (χ1) is 26.7. The van der Waals surface area contributed by atoms with E-state index < -0.39 is 22.9 Å². The third-order valence-electron chi connectivity index (χ3n) is 11.9. The molecule has 56 heavy (non-hydrogen) atoms. The number of nitrogens with one attached hydrogen (secondary N) is 4. The van der Waals surface area contributed by atoms with Crippen LogP contribution in [0.25, 0.3) is 22.1 Å². The molecule has 11 nitrogen and oxygen atoms in total. The minimum atomic E-state index is -0.988. The predicted octanol–water partition coefficient (Wildman–Crippen LogP) is 8.68. The molecule has 1 aliphatic carbocycles. The minimum Gasteiger partial charge on any atom is -0.489 e. The number of ether oxygens (including phenoxy) is 1. The van der Waals surface area contributed by atoms with Gasteiger partial charge in [-0.25, -0.2) is 9.97 Å². The summed E-state index contributed by atoms with van der Waals surface area (Å²) in [6.07, 6.45) is 7.89. The highest BCUT2D eigenvalue weighted by molar-refractivity contribution is 6.26. The quantitative estimate of drug-likeness (QED) is 0.111. The number of aromatic amines is 2. The zero-order valence-electron chi connectivity index (χ0n) is 33.2. The van der Waals surface area contributed by atoms with Gasteiger partial charge in [-0.2, -0.15) is 0 Å². The number of aromatic nitrogens is 4. The van der Waals surface area contributed by atoms with Crippen molar-refractivity contribution in [3.8, 4) is 5.75 Å². The number of carbonyl (C=O) groups excluding carboxylic acids is 2. The van der Waals surface area contributed by atoms with Crippen LogP contribution in [0.4, 0.5) is 5.69 Å². The van der Waals surface area contributed by atoms with Gasteiger partial charge in [0.1, 0.15) is 53.1 Å². The Hall–Kier alpha value is -5.84. The predicted molar refractivity (Wildman–Crippen MR) is 221 cm³/mol. The maximum Gasteiger partial charge on any atom is 0.176 e. The summed E-state index contributed by atoms with van der Waals surface area (Å²) in [7, 11) is 0. The fourth-order valence-corrected chi connectivity index (χ4v) is 8.83. The van der Waals surface area contributed by atoms with E-state index in [1.165, 1.54) is 11.1 Å². The second-order valence-corrected chi connectivity index (χ2v) is 16.3. The second-order valence-electron chi connectivity index (χ2n) is 16.3. The molecule has 288 valence electrons. The van der Waals surface area contributed by atoms with Crippen molar-refractivity contribution >= 4 is 51.0 Å². The van der Waals surface area contributed by atoms with Gasteiger partial charge in [0, 0.05) is 11.8 Å². The van der Waals surface area contributed by atoms with Gasteiger partial charge in [-0.3, -0.25) is 20.4 Å². The van der Waals surface area contributed by atoms with Gasteiger partial charge in [0.25, 0.3) is 0 Å². The monoisotopic (exact) mass is 750 g/mol. The van der Waals surface area contributed by atoms with E-state index in [0.717, 1.165) is 58.9 Å². The highest BCUT2D eigenvalue weighted by Gasteiger charge is 2.55. The molecular weight excluding hydrogens is 701 g/mol. The van der Waals surface area contributed by atoms with Crippen LogP contribution in [0.15, 0.2) is 84.0 Å². The second kappa shape index (κ2) is 13.7. The van der Waals surface area contributed by atoms with Gasteiger partial charge >= 0.3 is 0 Å². The van der Waals surface area contributed by atoms with Crippen LogP contribution >= 0.6 is 0 Å². The molecule has 3 atom stereocenters. The molecule has 2 saturated heterocycles. The first-order valence-corrected chi connectivity index (χ1v) is 19.7. The van der Waals surface area contributed by atoms with Crippen molar-refractivity contribution in [2.45, 2.75) is 110 Å². The fraction of sp³-hybridized carbons (Fsp3) is 0.378. The lowest BCUT2D eigenvalue weighted by Crippen LogP contribution is -2.50. The van der Waals surface area contributed by atoms with E-state index in [-0.39, 0.29) is 35.9 Å². The average Bonchev–Trinajstić information content (AvgIpc) is 3.88. The summed E-state index contributed by atoms with van der Waals surface area (Å²) >= 11 is 0. The van der Waals surface area contributed by atoms with E-state index in [1.54, 1.807) is 4.90 Å². The van der Waals surface area contributed by atoms with Gasteiger partial charge in [0.2, 0.25) is 0 Å². The highest BCUT2D eigenvalue weighted by atomic mass is 16.5. The molecular formula is C45H50N8O3. The number of aryl methyl sites for hydroxylation is 1. The summed E-state index contributed by atoms with van der Waals surface area (Å²) in [6.45, 7) is 14.2. The van der Waals surface area contributed by atoms with Crippen LogP contribution in [-0.4, -0.2) is 65.2 Å². The highest BCUT2D eigenvalue weighted by Crippen LogP contribution is 2.43. The van der Waals surface area contributed by atoms with Gasteiger partial charge in [-0.05, 0) is 101 Å². The minimum absolute atomic E-state index is 0.0318. The van der Waals surface area contributed by atoms with Crippen molar-refractivity contribution in [2.75, 3.05) is 4.90 Å². The fourth-order valence-electron chi connectivity index (χ4n) is 8.83. The van der Waals surface area contributed by atoms with Crippen molar-refractivity contribution in [3.63, 3.8) is 0 Å². The number of hydrogen-bond donors (Lipinski definition) is 4. The van der Waals surface area contributed by atoms with Gasteiger partial charge < -0.3 is 24.5 Å².